The molecule has 0 aromatic heterocycles. The first-order valence-electron chi connectivity index (χ1n) is 9.79. The second-order valence-corrected chi connectivity index (χ2v) is 7.70. The second-order valence-electron chi connectivity index (χ2n) is 7.70. The third kappa shape index (κ3) is 7.16. The lowest BCUT2D eigenvalue weighted by molar-refractivity contribution is -0.124. The van der Waals surface area contributed by atoms with Gasteiger partial charge in [0.2, 0.25) is 11.8 Å². The van der Waals surface area contributed by atoms with Gasteiger partial charge in [0.25, 0.3) is 0 Å². The highest BCUT2D eigenvalue weighted by Crippen LogP contribution is 2.11. The number of hydrogen-bond acceptors (Lipinski definition) is 3. The van der Waals surface area contributed by atoms with Crippen molar-refractivity contribution in [2.45, 2.75) is 58.5 Å². The summed E-state index contributed by atoms with van der Waals surface area (Å²) in [4.78, 5) is 26.4. The van der Waals surface area contributed by atoms with Crippen molar-refractivity contribution in [2.75, 3.05) is 19.6 Å². The van der Waals surface area contributed by atoms with Gasteiger partial charge in [-0.1, -0.05) is 44.2 Å². The van der Waals surface area contributed by atoms with Gasteiger partial charge in [-0.05, 0) is 37.7 Å². The monoisotopic (exact) mass is 359 g/mol. The Morgan fingerprint density at radius 3 is 2.35 bits per heavy atom. The number of rotatable bonds is 8. The number of nitrogens with zero attached hydrogens (tertiary/aromatic N) is 1. The maximum atomic E-state index is 12.1. The van der Waals surface area contributed by atoms with Gasteiger partial charge in [0.1, 0.15) is 0 Å². The zero-order valence-corrected chi connectivity index (χ0v) is 16.3. The molecule has 0 spiro atoms. The molecule has 1 aromatic rings. The van der Waals surface area contributed by atoms with E-state index in [1.165, 1.54) is 5.56 Å². The molecular weight excluding hydrogens is 326 g/mol. The number of amides is 2. The number of carbonyl (C=O) groups is 2. The first-order valence-corrected chi connectivity index (χ1v) is 9.79. The van der Waals surface area contributed by atoms with Crippen molar-refractivity contribution in [3.63, 3.8) is 0 Å². The Bertz CT molecular complexity index is 566. The van der Waals surface area contributed by atoms with Gasteiger partial charge in [-0.2, -0.15) is 0 Å². The van der Waals surface area contributed by atoms with E-state index in [-0.39, 0.29) is 23.9 Å². The molecule has 2 rings (SSSR count). The van der Waals surface area contributed by atoms with E-state index < -0.39 is 0 Å². The normalized spacial score (nSPS) is 17.1. The first-order chi connectivity index (χ1) is 12.4. The molecule has 144 valence electrons. The van der Waals surface area contributed by atoms with Crippen LogP contribution < -0.4 is 10.6 Å². The van der Waals surface area contributed by atoms with E-state index >= 15 is 0 Å². The molecule has 26 heavy (non-hydrogen) atoms. The van der Waals surface area contributed by atoms with Crippen molar-refractivity contribution in [1.29, 1.82) is 0 Å². The van der Waals surface area contributed by atoms with Gasteiger partial charge in [-0.15, -0.1) is 0 Å². The van der Waals surface area contributed by atoms with Crippen LogP contribution in [0.3, 0.4) is 0 Å². The lowest BCUT2D eigenvalue weighted by Gasteiger charge is -2.32. The highest BCUT2D eigenvalue weighted by atomic mass is 16.2. The molecule has 2 N–H and O–H groups in total. The Hall–Kier alpha value is -1.88. The maximum Gasteiger partial charge on any atom is 0.234 e. The molecule has 0 aliphatic carbocycles. The Labute approximate surface area is 157 Å². The molecule has 1 aromatic carbocycles. The number of benzene rings is 1. The van der Waals surface area contributed by atoms with Gasteiger partial charge >= 0.3 is 0 Å². The highest BCUT2D eigenvalue weighted by Gasteiger charge is 2.22. The molecular formula is C21H33N3O2. The third-order valence-corrected chi connectivity index (χ3v) is 5.19. The van der Waals surface area contributed by atoms with Crippen molar-refractivity contribution in [3.05, 3.63) is 35.9 Å². The van der Waals surface area contributed by atoms with Crippen LogP contribution in [0.15, 0.2) is 30.3 Å². The number of hydrogen-bond donors (Lipinski definition) is 2. The van der Waals surface area contributed by atoms with Crippen LogP contribution in [0.5, 0.6) is 0 Å². The summed E-state index contributed by atoms with van der Waals surface area (Å²) in [6.45, 7) is 8.42. The van der Waals surface area contributed by atoms with E-state index in [9.17, 15) is 9.59 Å². The fraction of sp³-hybridized carbons (Fsp3) is 0.619. The van der Waals surface area contributed by atoms with Gasteiger partial charge in [0.05, 0.1) is 6.54 Å². The molecule has 1 atom stereocenters. The predicted molar refractivity (Wildman–Crippen MR) is 105 cm³/mol. The molecule has 1 unspecified atom stereocenters. The molecule has 0 saturated carbocycles. The lowest BCUT2D eigenvalue weighted by Crippen LogP contribution is -2.48. The fourth-order valence-electron chi connectivity index (χ4n) is 3.11. The average molecular weight is 360 g/mol. The smallest absolute Gasteiger partial charge is 0.234 e. The molecule has 0 radical (unpaired) electrons. The Morgan fingerprint density at radius 2 is 1.73 bits per heavy atom. The summed E-state index contributed by atoms with van der Waals surface area (Å²) in [5.41, 5.74) is 1.19. The van der Waals surface area contributed by atoms with Crippen LogP contribution in [0, 0.1) is 5.92 Å². The molecule has 5 heteroatoms. The van der Waals surface area contributed by atoms with Crippen molar-refractivity contribution in [2.24, 2.45) is 5.92 Å². The van der Waals surface area contributed by atoms with Gasteiger partial charge in [0, 0.05) is 31.6 Å². The van der Waals surface area contributed by atoms with Gasteiger partial charge < -0.3 is 10.6 Å². The van der Waals surface area contributed by atoms with Crippen LogP contribution in [0.25, 0.3) is 0 Å². The van der Waals surface area contributed by atoms with Crippen LogP contribution in [-0.2, 0) is 16.0 Å². The van der Waals surface area contributed by atoms with Crippen LogP contribution in [0.2, 0.25) is 0 Å². The van der Waals surface area contributed by atoms with Crippen molar-refractivity contribution in [3.8, 4) is 0 Å². The van der Waals surface area contributed by atoms with E-state index in [2.05, 4.69) is 41.5 Å². The summed E-state index contributed by atoms with van der Waals surface area (Å²) < 4.78 is 0. The Kier molecular flexibility index (Phi) is 8.10. The number of nitrogens with one attached hydrogen (secondary N) is 2. The van der Waals surface area contributed by atoms with Gasteiger partial charge in [-0.3, -0.25) is 14.5 Å². The van der Waals surface area contributed by atoms with Crippen LogP contribution in [0.4, 0.5) is 0 Å². The number of likely N-dealkylation sites (tertiary alicyclic amines) is 1. The predicted octanol–water partition coefficient (Wildman–Crippen LogP) is 2.36. The number of carbonyl (C=O) groups excluding carboxylic acids is 2. The molecule has 1 heterocycles. The minimum absolute atomic E-state index is 0.0940. The zero-order chi connectivity index (χ0) is 18.9. The summed E-state index contributed by atoms with van der Waals surface area (Å²) in [5, 5.41) is 6.20. The van der Waals surface area contributed by atoms with Crippen LogP contribution in [0.1, 0.15) is 45.6 Å². The van der Waals surface area contributed by atoms with E-state index in [0.29, 0.717) is 18.9 Å². The molecule has 1 saturated heterocycles. The standard InChI is InChI=1S/C21H33N3O2/c1-16(2)17(3)22-21(26)15-24-13-11-19(12-14-24)23-20(25)10-9-18-7-5-4-6-8-18/h4-8,16-17,19H,9-15H2,1-3H3,(H,22,26)(H,23,25). The summed E-state index contributed by atoms with van der Waals surface area (Å²) in [6, 6.07) is 10.5. The largest absolute Gasteiger partial charge is 0.353 e. The third-order valence-electron chi connectivity index (χ3n) is 5.19. The van der Waals surface area contributed by atoms with E-state index in [4.69, 9.17) is 0 Å². The molecule has 1 aliphatic heterocycles. The molecule has 0 bridgehead atoms. The Morgan fingerprint density at radius 1 is 1.08 bits per heavy atom. The van der Waals surface area contributed by atoms with E-state index in [1.54, 1.807) is 0 Å². The van der Waals surface area contributed by atoms with Crippen LogP contribution in [-0.4, -0.2) is 48.4 Å². The molecule has 1 fully saturated rings. The van der Waals surface area contributed by atoms with Gasteiger partial charge in [0.15, 0.2) is 0 Å². The molecule has 1 aliphatic rings. The highest BCUT2D eigenvalue weighted by molar-refractivity contribution is 5.78. The van der Waals surface area contributed by atoms with Crippen LogP contribution >= 0.6 is 0 Å². The van der Waals surface area contributed by atoms with E-state index in [0.717, 1.165) is 32.4 Å². The first kappa shape index (κ1) is 20.4. The van der Waals surface area contributed by atoms with E-state index in [1.807, 2.05) is 25.1 Å². The molecule has 5 nitrogen and oxygen atoms in total. The Balaban J connectivity index is 1.63. The topological polar surface area (TPSA) is 61.4 Å². The molecule has 2 amide bonds. The SMILES string of the molecule is CC(C)C(C)NC(=O)CN1CCC(NC(=O)CCc2ccccc2)CC1. The maximum absolute atomic E-state index is 12.1. The average Bonchev–Trinajstić information content (AvgIpc) is 2.62. The number of aryl methyl sites for hydroxylation is 1. The second kappa shape index (κ2) is 10.3. The quantitative estimate of drug-likeness (QED) is 0.749. The summed E-state index contributed by atoms with van der Waals surface area (Å²) in [6.07, 6.45) is 3.12. The fourth-order valence-corrected chi connectivity index (χ4v) is 3.11. The zero-order valence-electron chi connectivity index (χ0n) is 16.3. The van der Waals surface area contributed by atoms with Crippen molar-refractivity contribution in [1.82, 2.24) is 15.5 Å². The summed E-state index contributed by atoms with van der Waals surface area (Å²) in [7, 11) is 0. The van der Waals surface area contributed by atoms with Crippen molar-refractivity contribution < 1.29 is 9.59 Å². The lowest BCUT2D eigenvalue weighted by atomic mass is 10.0. The summed E-state index contributed by atoms with van der Waals surface area (Å²) >= 11 is 0. The minimum Gasteiger partial charge on any atom is -0.353 e. The van der Waals surface area contributed by atoms with Gasteiger partial charge in [-0.25, -0.2) is 0 Å². The van der Waals surface area contributed by atoms with Crippen molar-refractivity contribution >= 4 is 11.8 Å². The minimum atomic E-state index is 0.0940. The summed E-state index contributed by atoms with van der Waals surface area (Å²) in [5.74, 6) is 0.656. The number of piperidine rings is 1.